The number of hydrogen-bond acceptors (Lipinski definition) is 3. The van der Waals surface area contributed by atoms with E-state index in [1.165, 1.54) is 7.05 Å². The molecule has 0 aromatic heterocycles. The molecule has 0 atom stereocenters. The molecule has 72 valence electrons. The third-order valence-corrected chi connectivity index (χ3v) is 1.77. The third-order valence-electron chi connectivity index (χ3n) is 1.77. The van der Waals surface area contributed by atoms with Gasteiger partial charge in [-0.25, -0.2) is 9.80 Å². The van der Waals surface area contributed by atoms with Crippen LogP contribution < -0.4 is 5.43 Å². The van der Waals surface area contributed by atoms with Gasteiger partial charge >= 0.3 is 6.03 Å². The summed E-state index contributed by atoms with van der Waals surface area (Å²) in [6.45, 7) is 1.59. The van der Waals surface area contributed by atoms with Crippen molar-refractivity contribution in [3.8, 4) is 0 Å². The Labute approximate surface area is 75.4 Å². The summed E-state index contributed by atoms with van der Waals surface area (Å²) in [6.07, 6.45) is 0.279. The summed E-state index contributed by atoms with van der Waals surface area (Å²) in [5.41, 5.74) is 2.32. The summed E-state index contributed by atoms with van der Waals surface area (Å²) in [5.74, 6) is -0.599. The second kappa shape index (κ2) is 3.42. The van der Waals surface area contributed by atoms with E-state index >= 15 is 0 Å². The summed E-state index contributed by atoms with van der Waals surface area (Å²) in [4.78, 5) is 34.0. The fourth-order valence-electron chi connectivity index (χ4n) is 0.914. The molecule has 0 bridgehead atoms. The maximum atomic E-state index is 11.2. The van der Waals surface area contributed by atoms with Crippen LogP contribution in [-0.2, 0) is 9.59 Å². The molecule has 0 saturated carbocycles. The molecule has 0 aliphatic carbocycles. The Balaban J connectivity index is 2.59. The molecule has 1 heterocycles. The highest BCUT2D eigenvalue weighted by Crippen LogP contribution is 2.04. The van der Waals surface area contributed by atoms with Gasteiger partial charge in [0.15, 0.2) is 0 Å². The predicted molar refractivity (Wildman–Crippen MR) is 43.3 cm³/mol. The Kier molecular flexibility index (Phi) is 2.50. The lowest BCUT2D eigenvalue weighted by Crippen LogP contribution is -2.44. The number of carbonyl (C=O) groups is 3. The van der Waals surface area contributed by atoms with E-state index in [1.807, 2.05) is 0 Å². The lowest BCUT2D eigenvalue weighted by Gasteiger charge is -2.14. The Morgan fingerprint density at radius 1 is 1.54 bits per heavy atom. The molecule has 0 unspecified atom stereocenters. The van der Waals surface area contributed by atoms with E-state index in [0.717, 1.165) is 9.91 Å². The lowest BCUT2D eigenvalue weighted by molar-refractivity contribution is -0.125. The molecular weight excluding hydrogens is 174 g/mol. The van der Waals surface area contributed by atoms with Crippen molar-refractivity contribution in [3.05, 3.63) is 0 Å². The number of nitrogens with one attached hydrogen (secondary N) is 1. The van der Waals surface area contributed by atoms with Crippen LogP contribution in [0.25, 0.3) is 0 Å². The van der Waals surface area contributed by atoms with Gasteiger partial charge in [0.2, 0.25) is 5.91 Å². The fourth-order valence-corrected chi connectivity index (χ4v) is 0.914. The summed E-state index contributed by atoms with van der Waals surface area (Å²) in [7, 11) is 1.38. The highest BCUT2D eigenvalue weighted by molar-refractivity contribution is 6.02. The van der Waals surface area contributed by atoms with Gasteiger partial charge in [0, 0.05) is 13.5 Å². The standard InChI is InChI=1S/C7H11N3O3/c1-3-5(11)8-10-4-6(12)9(2)7(10)13/h3-4H2,1-2H3,(H,8,11). The molecule has 0 radical (unpaired) electrons. The van der Waals surface area contributed by atoms with Crippen LogP contribution in [-0.4, -0.2) is 41.3 Å². The van der Waals surface area contributed by atoms with E-state index < -0.39 is 6.03 Å². The number of amides is 4. The fraction of sp³-hybridized carbons (Fsp3) is 0.571. The number of hydrazine groups is 1. The van der Waals surface area contributed by atoms with E-state index in [9.17, 15) is 14.4 Å². The maximum Gasteiger partial charge on any atom is 0.345 e. The first-order valence-electron chi connectivity index (χ1n) is 3.93. The monoisotopic (exact) mass is 185 g/mol. The topological polar surface area (TPSA) is 69.7 Å². The Hall–Kier alpha value is -1.59. The van der Waals surface area contributed by atoms with E-state index in [4.69, 9.17) is 0 Å². The molecule has 6 nitrogen and oxygen atoms in total. The molecule has 1 saturated heterocycles. The Bertz CT molecular complexity index is 264. The molecule has 13 heavy (non-hydrogen) atoms. The van der Waals surface area contributed by atoms with Crippen molar-refractivity contribution >= 4 is 17.8 Å². The first-order valence-corrected chi connectivity index (χ1v) is 3.93. The van der Waals surface area contributed by atoms with Crippen molar-refractivity contribution in [2.24, 2.45) is 0 Å². The van der Waals surface area contributed by atoms with Crippen LogP contribution in [0.1, 0.15) is 13.3 Å². The molecule has 1 N–H and O–H groups in total. The van der Waals surface area contributed by atoms with Gasteiger partial charge < -0.3 is 0 Å². The second-order valence-electron chi connectivity index (χ2n) is 2.71. The van der Waals surface area contributed by atoms with Crippen molar-refractivity contribution in [1.29, 1.82) is 0 Å². The van der Waals surface area contributed by atoms with Crippen LogP contribution >= 0.6 is 0 Å². The molecule has 1 rings (SSSR count). The highest BCUT2D eigenvalue weighted by Gasteiger charge is 2.33. The summed E-state index contributed by atoms with van der Waals surface area (Å²) < 4.78 is 0. The number of carbonyl (C=O) groups excluding carboxylic acids is 3. The van der Waals surface area contributed by atoms with Crippen LogP contribution in [0, 0.1) is 0 Å². The molecule has 0 spiro atoms. The predicted octanol–water partition coefficient (Wildman–Crippen LogP) is -0.678. The number of urea groups is 1. The molecule has 0 aromatic rings. The van der Waals surface area contributed by atoms with Gasteiger partial charge in [0.05, 0.1) is 0 Å². The van der Waals surface area contributed by atoms with Crippen LogP contribution in [0.4, 0.5) is 4.79 Å². The maximum absolute atomic E-state index is 11.2. The zero-order valence-electron chi connectivity index (χ0n) is 7.53. The molecule has 1 aliphatic heterocycles. The Morgan fingerprint density at radius 2 is 2.15 bits per heavy atom. The summed E-state index contributed by atoms with van der Waals surface area (Å²) in [6, 6.07) is -0.494. The number of hydrogen-bond donors (Lipinski definition) is 1. The molecule has 4 amide bonds. The minimum atomic E-state index is -0.494. The van der Waals surface area contributed by atoms with Crippen molar-refractivity contribution in [3.63, 3.8) is 0 Å². The van der Waals surface area contributed by atoms with Gasteiger partial charge in [0.1, 0.15) is 6.54 Å². The van der Waals surface area contributed by atoms with Gasteiger partial charge in [0.25, 0.3) is 5.91 Å². The molecule has 6 heteroatoms. The van der Waals surface area contributed by atoms with E-state index in [1.54, 1.807) is 6.92 Å². The first kappa shape index (κ1) is 9.50. The Morgan fingerprint density at radius 3 is 2.54 bits per heavy atom. The number of likely N-dealkylation sites (N-methyl/N-ethyl adjacent to an activating group) is 1. The van der Waals surface area contributed by atoms with Crippen molar-refractivity contribution < 1.29 is 14.4 Å². The average Bonchev–Trinajstić information content (AvgIpc) is 2.34. The van der Waals surface area contributed by atoms with Gasteiger partial charge in [-0.3, -0.25) is 19.9 Å². The number of nitrogens with zero attached hydrogens (tertiary/aromatic N) is 2. The normalized spacial score (nSPS) is 16.8. The second-order valence-corrected chi connectivity index (χ2v) is 2.71. The van der Waals surface area contributed by atoms with E-state index in [2.05, 4.69) is 5.43 Å². The van der Waals surface area contributed by atoms with Crippen LogP contribution in [0.15, 0.2) is 0 Å². The highest BCUT2D eigenvalue weighted by atomic mass is 16.2. The number of imide groups is 1. The zero-order chi connectivity index (χ0) is 10.0. The lowest BCUT2D eigenvalue weighted by atomic mass is 10.5. The van der Waals surface area contributed by atoms with Gasteiger partial charge in [-0.05, 0) is 0 Å². The molecule has 0 aromatic carbocycles. The summed E-state index contributed by atoms with van der Waals surface area (Å²) >= 11 is 0. The van der Waals surface area contributed by atoms with Gasteiger partial charge in [-0.2, -0.15) is 0 Å². The smallest absolute Gasteiger partial charge is 0.273 e. The minimum absolute atomic E-state index is 0.0823. The van der Waals surface area contributed by atoms with Crippen molar-refractivity contribution in [1.82, 2.24) is 15.3 Å². The first-order chi connectivity index (χ1) is 6.06. The van der Waals surface area contributed by atoms with Gasteiger partial charge in [-0.1, -0.05) is 6.92 Å². The molecular formula is C7H11N3O3. The quantitative estimate of drug-likeness (QED) is 0.579. The number of rotatable bonds is 2. The third kappa shape index (κ3) is 1.77. The van der Waals surface area contributed by atoms with E-state index in [-0.39, 0.29) is 24.8 Å². The zero-order valence-corrected chi connectivity index (χ0v) is 7.53. The van der Waals surface area contributed by atoms with Crippen LogP contribution in [0.5, 0.6) is 0 Å². The largest absolute Gasteiger partial charge is 0.345 e. The van der Waals surface area contributed by atoms with Crippen LogP contribution in [0.3, 0.4) is 0 Å². The van der Waals surface area contributed by atoms with E-state index in [0.29, 0.717) is 0 Å². The van der Waals surface area contributed by atoms with Gasteiger partial charge in [-0.15, -0.1) is 0 Å². The summed E-state index contributed by atoms with van der Waals surface area (Å²) in [5, 5.41) is 1.01. The van der Waals surface area contributed by atoms with Crippen molar-refractivity contribution in [2.75, 3.05) is 13.6 Å². The molecule has 1 fully saturated rings. The molecule has 1 aliphatic rings. The van der Waals surface area contributed by atoms with Crippen LogP contribution in [0.2, 0.25) is 0 Å². The average molecular weight is 185 g/mol. The SMILES string of the molecule is CCC(=O)NN1CC(=O)N(C)C1=O. The minimum Gasteiger partial charge on any atom is -0.273 e. The van der Waals surface area contributed by atoms with Crippen molar-refractivity contribution in [2.45, 2.75) is 13.3 Å².